The Morgan fingerprint density at radius 1 is 1.24 bits per heavy atom. The quantitative estimate of drug-likeness (QED) is 0.384. The summed E-state index contributed by atoms with van der Waals surface area (Å²) in [5.74, 6) is -1.35. The van der Waals surface area contributed by atoms with Crippen LogP contribution in [0, 0.1) is 5.92 Å². The van der Waals surface area contributed by atoms with Crippen molar-refractivity contribution in [1.82, 2.24) is 24.1 Å². The minimum Gasteiger partial charge on any atom is -0.479 e. The van der Waals surface area contributed by atoms with Gasteiger partial charge in [-0.15, -0.1) is 0 Å². The number of hydrogen-bond acceptors (Lipinski definition) is 5. The number of aliphatic carboxylic acids is 1. The number of carboxylic acid groups (broad SMARTS) is 1. The number of carboxylic acids is 1. The van der Waals surface area contributed by atoms with Crippen molar-refractivity contribution in [1.29, 1.82) is 0 Å². The van der Waals surface area contributed by atoms with E-state index in [2.05, 4.69) is 26.0 Å². The van der Waals surface area contributed by atoms with Gasteiger partial charge in [-0.1, -0.05) is 6.07 Å². The first kappa shape index (κ1) is 22.5. The molecule has 176 valence electrons. The van der Waals surface area contributed by atoms with E-state index >= 15 is 0 Å². The standard InChI is InChI=1S/C24H24BrFN6O2/c1-31-10-2-3-18(31)17-9-8-15(11-28-17)16-12-29-32-22(27)19(25)21(30-23(16)32)14-6-4-13(5-7-14)20(26)24(33)34/h2-3,8-14,20H,4-7,27H2,1H3,(H,33,34)/t13-,14+,20?. The molecule has 0 saturated heterocycles. The molecule has 0 bridgehead atoms. The zero-order valence-electron chi connectivity index (χ0n) is 18.5. The van der Waals surface area contributed by atoms with Gasteiger partial charge in [0.05, 0.1) is 27.8 Å². The Bertz CT molecular complexity index is 1360. The van der Waals surface area contributed by atoms with E-state index in [0.29, 0.717) is 41.6 Å². The number of anilines is 1. The lowest BCUT2D eigenvalue weighted by atomic mass is 9.78. The fourth-order valence-electron chi connectivity index (χ4n) is 4.81. The number of fused-ring (bicyclic) bond motifs is 1. The summed E-state index contributed by atoms with van der Waals surface area (Å²) in [6.07, 6.45) is 5.97. The molecule has 0 radical (unpaired) electrons. The van der Waals surface area contributed by atoms with Crippen molar-refractivity contribution in [3.05, 3.63) is 53.0 Å². The molecule has 4 aromatic heterocycles. The molecule has 8 nitrogen and oxygen atoms in total. The van der Waals surface area contributed by atoms with E-state index in [1.807, 2.05) is 42.1 Å². The maximum Gasteiger partial charge on any atom is 0.338 e. The highest BCUT2D eigenvalue weighted by atomic mass is 79.9. The summed E-state index contributed by atoms with van der Waals surface area (Å²) in [4.78, 5) is 20.6. The molecular weight excluding hydrogens is 503 g/mol. The predicted molar refractivity (Wildman–Crippen MR) is 130 cm³/mol. The summed E-state index contributed by atoms with van der Waals surface area (Å²) in [6, 6.07) is 7.95. The normalized spacial score (nSPS) is 19.4. The number of aryl methyl sites for hydroxylation is 1. The highest BCUT2D eigenvalue weighted by Gasteiger charge is 2.34. The predicted octanol–water partition coefficient (Wildman–Crippen LogP) is 4.84. The summed E-state index contributed by atoms with van der Waals surface area (Å²) in [5.41, 5.74) is 11.4. The van der Waals surface area contributed by atoms with Crippen LogP contribution in [0.25, 0.3) is 28.2 Å². The minimum absolute atomic E-state index is 0.0551. The number of carbonyl (C=O) groups is 1. The number of nitrogens with two attached hydrogens (primary N) is 1. The molecule has 34 heavy (non-hydrogen) atoms. The molecule has 5 rings (SSSR count). The van der Waals surface area contributed by atoms with E-state index in [0.717, 1.165) is 28.2 Å². The molecule has 4 aromatic rings. The fourth-order valence-corrected chi connectivity index (χ4v) is 5.39. The highest BCUT2D eigenvalue weighted by molar-refractivity contribution is 9.10. The average Bonchev–Trinajstić information content (AvgIpc) is 3.47. The van der Waals surface area contributed by atoms with E-state index < -0.39 is 18.1 Å². The second kappa shape index (κ2) is 8.83. The van der Waals surface area contributed by atoms with Crippen LogP contribution in [0.4, 0.5) is 10.2 Å². The lowest BCUT2D eigenvalue weighted by molar-refractivity contribution is -0.145. The van der Waals surface area contributed by atoms with Crippen LogP contribution in [-0.4, -0.2) is 41.4 Å². The second-order valence-electron chi connectivity index (χ2n) is 8.78. The Hall–Kier alpha value is -3.27. The Labute approximate surface area is 203 Å². The molecule has 1 aliphatic rings. The minimum atomic E-state index is -1.82. The summed E-state index contributed by atoms with van der Waals surface area (Å²) in [7, 11) is 1.98. The molecule has 0 amide bonds. The van der Waals surface area contributed by atoms with Gasteiger partial charge in [0.1, 0.15) is 5.82 Å². The van der Waals surface area contributed by atoms with Gasteiger partial charge in [-0.05, 0) is 59.8 Å². The van der Waals surface area contributed by atoms with Gasteiger partial charge in [0.25, 0.3) is 0 Å². The van der Waals surface area contributed by atoms with Gasteiger partial charge in [-0.3, -0.25) is 4.98 Å². The van der Waals surface area contributed by atoms with Crippen molar-refractivity contribution in [2.75, 3.05) is 5.73 Å². The molecule has 1 fully saturated rings. The number of pyridine rings is 1. The molecular formula is C24H24BrFN6O2. The molecule has 4 heterocycles. The van der Waals surface area contributed by atoms with Crippen molar-refractivity contribution in [2.24, 2.45) is 13.0 Å². The van der Waals surface area contributed by atoms with Gasteiger partial charge in [0.2, 0.25) is 0 Å². The van der Waals surface area contributed by atoms with E-state index in [9.17, 15) is 9.18 Å². The number of nitrogens with zero attached hydrogens (tertiary/aromatic N) is 5. The molecule has 0 spiro atoms. The average molecular weight is 527 g/mol. The van der Waals surface area contributed by atoms with Crippen molar-refractivity contribution < 1.29 is 14.3 Å². The van der Waals surface area contributed by atoms with Gasteiger partial charge in [-0.25, -0.2) is 14.2 Å². The van der Waals surface area contributed by atoms with Gasteiger partial charge in [0, 0.05) is 42.4 Å². The second-order valence-corrected chi connectivity index (χ2v) is 9.57. The maximum atomic E-state index is 14.0. The Morgan fingerprint density at radius 2 is 2.00 bits per heavy atom. The zero-order valence-corrected chi connectivity index (χ0v) is 20.1. The summed E-state index contributed by atoms with van der Waals surface area (Å²) >= 11 is 3.58. The summed E-state index contributed by atoms with van der Waals surface area (Å²) in [5, 5.41) is 13.4. The Morgan fingerprint density at radius 3 is 2.62 bits per heavy atom. The van der Waals surface area contributed by atoms with E-state index in [1.54, 1.807) is 16.9 Å². The number of nitrogen functional groups attached to an aromatic ring is 1. The third-order valence-corrected chi connectivity index (χ3v) is 7.55. The summed E-state index contributed by atoms with van der Waals surface area (Å²) in [6.45, 7) is 0. The number of aromatic nitrogens is 5. The SMILES string of the molecule is Cn1cccc1-c1ccc(-c2cnn3c(N)c(Br)c([C@H]4CC[C@@H](C(F)C(=O)O)CC4)nc23)cn1. The smallest absolute Gasteiger partial charge is 0.338 e. The molecule has 0 aromatic carbocycles. The summed E-state index contributed by atoms with van der Waals surface area (Å²) < 4.78 is 18.3. The largest absolute Gasteiger partial charge is 0.479 e. The van der Waals surface area contributed by atoms with E-state index in [4.69, 9.17) is 15.8 Å². The molecule has 1 saturated carbocycles. The third kappa shape index (κ3) is 3.85. The first-order valence-corrected chi connectivity index (χ1v) is 11.9. The van der Waals surface area contributed by atoms with Crippen LogP contribution < -0.4 is 5.73 Å². The van der Waals surface area contributed by atoms with E-state index in [-0.39, 0.29) is 5.92 Å². The van der Waals surface area contributed by atoms with Crippen LogP contribution in [0.1, 0.15) is 37.3 Å². The van der Waals surface area contributed by atoms with Crippen LogP contribution in [0.5, 0.6) is 0 Å². The molecule has 1 aliphatic carbocycles. The molecule has 1 unspecified atom stereocenters. The topological polar surface area (TPSA) is 111 Å². The first-order valence-electron chi connectivity index (χ1n) is 11.1. The van der Waals surface area contributed by atoms with Gasteiger partial charge in [0.15, 0.2) is 11.8 Å². The van der Waals surface area contributed by atoms with Gasteiger partial charge >= 0.3 is 5.97 Å². The first-order chi connectivity index (χ1) is 16.3. The van der Waals surface area contributed by atoms with Crippen LogP contribution in [-0.2, 0) is 11.8 Å². The zero-order chi connectivity index (χ0) is 24.0. The number of halogens is 2. The molecule has 1 atom stereocenters. The lowest BCUT2D eigenvalue weighted by Gasteiger charge is -2.29. The number of alkyl halides is 1. The maximum absolute atomic E-state index is 14.0. The van der Waals surface area contributed by atoms with Gasteiger partial charge < -0.3 is 15.4 Å². The molecule has 3 N–H and O–H groups in total. The monoisotopic (exact) mass is 526 g/mol. The van der Waals surface area contributed by atoms with Crippen molar-refractivity contribution in [3.63, 3.8) is 0 Å². The Balaban J connectivity index is 1.47. The van der Waals surface area contributed by atoms with Crippen molar-refractivity contribution in [2.45, 2.75) is 37.8 Å². The fraction of sp³-hybridized carbons (Fsp3) is 0.333. The highest BCUT2D eigenvalue weighted by Crippen LogP contribution is 2.41. The van der Waals surface area contributed by atoms with Crippen LogP contribution >= 0.6 is 15.9 Å². The molecule has 0 aliphatic heterocycles. The lowest BCUT2D eigenvalue weighted by Crippen LogP contribution is -2.28. The van der Waals surface area contributed by atoms with Gasteiger partial charge in [-0.2, -0.15) is 9.61 Å². The number of hydrogen-bond donors (Lipinski definition) is 2. The van der Waals surface area contributed by atoms with Crippen molar-refractivity contribution >= 4 is 33.4 Å². The van der Waals surface area contributed by atoms with Crippen LogP contribution in [0.2, 0.25) is 0 Å². The van der Waals surface area contributed by atoms with Crippen molar-refractivity contribution in [3.8, 4) is 22.5 Å². The van der Waals surface area contributed by atoms with Crippen LogP contribution in [0.3, 0.4) is 0 Å². The van der Waals surface area contributed by atoms with E-state index in [1.165, 1.54) is 0 Å². The van der Waals surface area contributed by atoms with Crippen LogP contribution in [0.15, 0.2) is 47.3 Å². The third-order valence-electron chi connectivity index (χ3n) is 6.74. The Kier molecular flexibility index (Phi) is 5.85. The number of rotatable bonds is 5. The molecule has 10 heteroatoms.